The highest BCUT2D eigenvalue weighted by molar-refractivity contribution is 7.11. The first kappa shape index (κ1) is 19.8. The number of rotatable bonds is 8. The second kappa shape index (κ2) is 9.82. The quantitative estimate of drug-likeness (QED) is 0.557. The van der Waals surface area contributed by atoms with Crippen LogP contribution in [0.2, 0.25) is 0 Å². The molecule has 1 amide bonds. The van der Waals surface area contributed by atoms with Crippen molar-refractivity contribution in [2.75, 3.05) is 18.4 Å². The van der Waals surface area contributed by atoms with Gasteiger partial charge in [0.1, 0.15) is 5.01 Å². The molecule has 146 valence electrons. The van der Waals surface area contributed by atoms with Gasteiger partial charge in [-0.05, 0) is 43.0 Å². The first-order valence-corrected chi connectivity index (χ1v) is 10.4. The van der Waals surface area contributed by atoms with E-state index in [1.165, 1.54) is 43.4 Å². The lowest BCUT2D eigenvalue weighted by atomic mass is 9.89. The summed E-state index contributed by atoms with van der Waals surface area (Å²) in [6, 6.07) is 7.19. The van der Waals surface area contributed by atoms with Crippen LogP contribution in [0.25, 0.3) is 0 Å². The number of nitrogens with zero attached hydrogens (tertiary/aromatic N) is 1. The molecule has 0 bridgehead atoms. The summed E-state index contributed by atoms with van der Waals surface area (Å²) >= 11 is 1.36. The van der Waals surface area contributed by atoms with Crippen LogP contribution in [0.5, 0.6) is 0 Å². The number of nitrogens with one attached hydrogen (secondary N) is 2. The lowest BCUT2D eigenvalue weighted by Crippen LogP contribution is -2.33. The Morgan fingerprint density at radius 1 is 1.26 bits per heavy atom. The molecule has 1 fully saturated rings. The lowest BCUT2D eigenvalue weighted by molar-refractivity contribution is 0.0938. The Morgan fingerprint density at radius 3 is 2.63 bits per heavy atom. The van der Waals surface area contributed by atoms with Gasteiger partial charge < -0.3 is 21.5 Å². The lowest BCUT2D eigenvalue weighted by Gasteiger charge is -2.22. The zero-order valence-electron chi connectivity index (χ0n) is 15.5. The van der Waals surface area contributed by atoms with E-state index in [1.54, 1.807) is 6.20 Å². The van der Waals surface area contributed by atoms with E-state index >= 15 is 0 Å². The fourth-order valence-corrected chi connectivity index (χ4v) is 4.25. The van der Waals surface area contributed by atoms with Crippen LogP contribution in [0.1, 0.15) is 58.4 Å². The molecule has 0 saturated heterocycles. The number of aromatic nitrogens is 1. The predicted octanol–water partition coefficient (Wildman–Crippen LogP) is 3.06. The van der Waals surface area contributed by atoms with E-state index in [9.17, 15) is 4.79 Å². The van der Waals surface area contributed by atoms with Crippen molar-refractivity contribution in [3.8, 4) is 0 Å². The van der Waals surface area contributed by atoms with Gasteiger partial charge in [0, 0.05) is 30.5 Å². The molecule has 5 N–H and O–H groups in total. The van der Waals surface area contributed by atoms with Crippen LogP contribution in [-0.4, -0.2) is 29.1 Å². The van der Waals surface area contributed by atoms with Crippen molar-refractivity contribution in [1.29, 1.82) is 0 Å². The summed E-state index contributed by atoms with van der Waals surface area (Å²) in [6.45, 7) is 1.20. The monoisotopic (exact) mass is 388 g/mol. The van der Waals surface area contributed by atoms with E-state index in [-0.39, 0.29) is 25.1 Å². The second-order valence-corrected chi connectivity index (χ2v) is 8.19. The molecule has 0 radical (unpaired) electrons. The Kier molecular flexibility index (Phi) is 7.20. The average Bonchev–Trinajstić information content (AvgIpc) is 3.20. The Hall–Kier alpha value is -1.96. The number of hydrogen-bond acceptors (Lipinski definition) is 6. The maximum Gasteiger partial charge on any atom is 0.251 e. The molecule has 1 aromatic carbocycles. The predicted molar refractivity (Wildman–Crippen MR) is 109 cm³/mol. The summed E-state index contributed by atoms with van der Waals surface area (Å²) in [6.07, 6.45) is 8.28. The maximum absolute atomic E-state index is 12.5. The zero-order chi connectivity index (χ0) is 19.1. The molecule has 0 spiro atoms. The molecule has 1 atom stereocenters. The molecular formula is C20H28N4O2S. The Balaban J connectivity index is 1.54. The van der Waals surface area contributed by atoms with Gasteiger partial charge in [0.05, 0.1) is 17.5 Å². The minimum absolute atomic E-state index is 0.0573. The highest BCUT2D eigenvalue weighted by Crippen LogP contribution is 2.24. The minimum atomic E-state index is -0.355. The number of hydrogen-bond donors (Lipinski definition) is 4. The molecule has 1 aliphatic carbocycles. The molecule has 7 heteroatoms. The van der Waals surface area contributed by atoms with Crippen LogP contribution < -0.4 is 16.4 Å². The van der Waals surface area contributed by atoms with E-state index in [1.807, 2.05) is 24.3 Å². The topological polar surface area (TPSA) is 100 Å². The number of anilines is 1. The standard InChI is InChI=1S/C20H28N4O2S/c21-10-18(20-23-12-17(13-25)27-20)24-19(26)15-6-8-16(9-7-15)22-11-14-4-2-1-3-5-14/h6-9,12,14,18,22,25H,1-5,10-11,13,21H2,(H,24,26)/t18-/m1/s1. The molecule has 0 unspecified atom stereocenters. The fourth-order valence-electron chi connectivity index (χ4n) is 3.41. The van der Waals surface area contributed by atoms with E-state index < -0.39 is 0 Å². The van der Waals surface area contributed by atoms with Crippen molar-refractivity contribution in [2.45, 2.75) is 44.8 Å². The molecule has 1 aromatic heterocycles. The van der Waals surface area contributed by atoms with E-state index in [4.69, 9.17) is 10.8 Å². The number of benzene rings is 1. The molecule has 27 heavy (non-hydrogen) atoms. The first-order chi connectivity index (χ1) is 13.2. The molecule has 1 aliphatic rings. The number of carbonyl (C=O) groups excluding carboxylic acids is 1. The molecule has 0 aliphatic heterocycles. The summed E-state index contributed by atoms with van der Waals surface area (Å²) in [4.78, 5) is 17.5. The van der Waals surface area contributed by atoms with Crippen LogP contribution in [0.15, 0.2) is 30.5 Å². The minimum Gasteiger partial charge on any atom is -0.391 e. The number of aliphatic hydroxyl groups is 1. The number of carbonyl (C=O) groups is 1. The van der Waals surface area contributed by atoms with Gasteiger partial charge in [0.2, 0.25) is 0 Å². The highest BCUT2D eigenvalue weighted by Gasteiger charge is 2.18. The summed E-state index contributed by atoms with van der Waals surface area (Å²) in [5.41, 5.74) is 7.43. The van der Waals surface area contributed by atoms with E-state index in [0.29, 0.717) is 10.6 Å². The summed E-state index contributed by atoms with van der Waals surface area (Å²) in [7, 11) is 0. The molecule has 1 saturated carbocycles. The van der Waals surface area contributed by atoms with Crippen molar-refractivity contribution < 1.29 is 9.90 Å². The van der Waals surface area contributed by atoms with Crippen LogP contribution in [0.3, 0.4) is 0 Å². The summed E-state index contributed by atoms with van der Waals surface area (Å²) < 4.78 is 0. The molecule has 6 nitrogen and oxygen atoms in total. The molecular weight excluding hydrogens is 360 g/mol. The smallest absolute Gasteiger partial charge is 0.251 e. The fraction of sp³-hybridized carbons (Fsp3) is 0.500. The third-order valence-corrected chi connectivity index (χ3v) is 6.13. The van der Waals surface area contributed by atoms with Crippen molar-refractivity contribution >= 4 is 22.9 Å². The van der Waals surface area contributed by atoms with Crippen LogP contribution >= 0.6 is 11.3 Å². The van der Waals surface area contributed by atoms with Crippen molar-refractivity contribution in [2.24, 2.45) is 11.7 Å². The second-order valence-electron chi connectivity index (χ2n) is 7.05. The highest BCUT2D eigenvalue weighted by atomic mass is 32.1. The van der Waals surface area contributed by atoms with Gasteiger partial charge in [0.25, 0.3) is 5.91 Å². The average molecular weight is 389 g/mol. The Labute approximate surface area is 164 Å². The SMILES string of the molecule is NC[C@@H](NC(=O)c1ccc(NCC2CCCCC2)cc1)c1ncc(CO)s1. The largest absolute Gasteiger partial charge is 0.391 e. The third-order valence-electron chi connectivity index (χ3n) is 5.03. The van der Waals surface area contributed by atoms with Gasteiger partial charge in [0.15, 0.2) is 0 Å². The molecule has 2 aromatic rings. The van der Waals surface area contributed by atoms with Crippen molar-refractivity contribution in [1.82, 2.24) is 10.3 Å². The molecule has 1 heterocycles. The normalized spacial score (nSPS) is 16.1. The van der Waals surface area contributed by atoms with Gasteiger partial charge in [-0.25, -0.2) is 4.98 Å². The third kappa shape index (κ3) is 5.51. The Bertz CT molecular complexity index is 726. The van der Waals surface area contributed by atoms with E-state index in [2.05, 4.69) is 15.6 Å². The van der Waals surface area contributed by atoms with Crippen molar-refractivity contribution in [3.05, 3.63) is 45.9 Å². The van der Waals surface area contributed by atoms with Crippen molar-refractivity contribution in [3.63, 3.8) is 0 Å². The Morgan fingerprint density at radius 2 is 2.00 bits per heavy atom. The van der Waals surface area contributed by atoms with Crippen LogP contribution in [0, 0.1) is 5.92 Å². The number of thiazole rings is 1. The van der Waals surface area contributed by atoms with Gasteiger partial charge in [-0.1, -0.05) is 19.3 Å². The van der Waals surface area contributed by atoms with Gasteiger partial charge >= 0.3 is 0 Å². The summed E-state index contributed by atoms with van der Waals surface area (Å²) in [5.74, 6) is 0.583. The maximum atomic E-state index is 12.5. The number of amides is 1. The summed E-state index contributed by atoms with van der Waals surface area (Å²) in [5, 5.41) is 16.3. The number of aliphatic hydroxyl groups excluding tert-OH is 1. The van der Waals surface area contributed by atoms with Gasteiger partial charge in [-0.3, -0.25) is 4.79 Å². The van der Waals surface area contributed by atoms with E-state index in [0.717, 1.165) is 23.0 Å². The van der Waals surface area contributed by atoms with Crippen LogP contribution in [0.4, 0.5) is 5.69 Å². The first-order valence-electron chi connectivity index (χ1n) is 9.60. The zero-order valence-corrected chi connectivity index (χ0v) is 16.3. The van der Waals surface area contributed by atoms with Gasteiger partial charge in [-0.2, -0.15) is 0 Å². The van der Waals surface area contributed by atoms with Gasteiger partial charge in [-0.15, -0.1) is 11.3 Å². The van der Waals surface area contributed by atoms with Crippen LogP contribution in [-0.2, 0) is 6.61 Å². The molecule has 3 rings (SSSR count). The number of nitrogens with two attached hydrogens (primary N) is 1.